The van der Waals surface area contributed by atoms with Crippen LogP contribution < -0.4 is 0 Å². The largest absolute Gasteiger partial charge is 0.245 e. The van der Waals surface area contributed by atoms with Crippen molar-refractivity contribution in [2.75, 3.05) is 0 Å². The van der Waals surface area contributed by atoms with Crippen molar-refractivity contribution in [2.45, 2.75) is 19.3 Å². The van der Waals surface area contributed by atoms with E-state index < -0.39 is 0 Å². The lowest BCUT2D eigenvalue weighted by atomic mass is 10.1. The Bertz CT molecular complexity index is 368. The summed E-state index contributed by atoms with van der Waals surface area (Å²) in [5.74, 6) is 0. The van der Waals surface area contributed by atoms with E-state index >= 15 is 0 Å². The Hall–Kier alpha value is -1.62. The first kappa shape index (κ1) is 8.00. The zero-order valence-corrected chi connectivity index (χ0v) is 7.33. The van der Waals surface area contributed by atoms with E-state index in [-0.39, 0.29) is 0 Å². The van der Waals surface area contributed by atoms with E-state index in [0.717, 1.165) is 12.0 Å². The van der Waals surface area contributed by atoms with Crippen LogP contribution in [0.5, 0.6) is 0 Å². The normalized spacial score (nSPS) is 15.2. The first-order chi connectivity index (χ1) is 6.40. The molecule has 0 radical (unpaired) electrons. The van der Waals surface area contributed by atoms with Crippen LogP contribution in [-0.2, 0) is 0 Å². The predicted octanol–water partition coefficient (Wildman–Crippen LogP) is 2.52. The average molecular weight is 170 g/mol. The molecule has 2 nitrogen and oxygen atoms in total. The number of aromatic nitrogens is 1. The Morgan fingerprint density at radius 3 is 2.85 bits per heavy atom. The second-order valence-electron chi connectivity index (χ2n) is 3.17. The highest BCUT2D eigenvalue weighted by atomic mass is 14.7. The van der Waals surface area contributed by atoms with Gasteiger partial charge in [0.25, 0.3) is 0 Å². The Labute approximate surface area is 77.5 Å². The van der Waals surface area contributed by atoms with E-state index in [9.17, 15) is 0 Å². The maximum Gasteiger partial charge on any atom is 0.140 e. The third-order valence-electron chi connectivity index (χ3n) is 2.29. The van der Waals surface area contributed by atoms with Gasteiger partial charge in [0, 0.05) is 6.20 Å². The van der Waals surface area contributed by atoms with Crippen LogP contribution >= 0.6 is 0 Å². The van der Waals surface area contributed by atoms with Crippen LogP contribution in [-0.4, -0.2) is 4.98 Å². The second kappa shape index (κ2) is 3.40. The zero-order valence-electron chi connectivity index (χ0n) is 7.33. The minimum atomic E-state index is 0.488. The van der Waals surface area contributed by atoms with E-state index in [2.05, 4.69) is 11.1 Å². The molecule has 1 aromatic heterocycles. The van der Waals surface area contributed by atoms with Crippen molar-refractivity contribution in [1.82, 2.24) is 4.98 Å². The molecule has 0 saturated carbocycles. The minimum absolute atomic E-state index is 0.488. The summed E-state index contributed by atoms with van der Waals surface area (Å²) < 4.78 is 0. The zero-order chi connectivity index (χ0) is 9.10. The predicted molar refractivity (Wildman–Crippen MR) is 50.8 cm³/mol. The van der Waals surface area contributed by atoms with E-state index in [0.29, 0.717) is 5.69 Å². The highest BCUT2D eigenvalue weighted by Gasteiger charge is 2.06. The average Bonchev–Trinajstić information content (AvgIpc) is 2.71. The highest BCUT2D eigenvalue weighted by molar-refractivity contribution is 5.66. The lowest BCUT2D eigenvalue weighted by Gasteiger charge is -1.99. The molecule has 0 aromatic carbocycles. The molecule has 0 aliphatic heterocycles. The third kappa shape index (κ3) is 1.59. The fraction of sp³-hybridized carbons (Fsp3) is 0.273. The van der Waals surface area contributed by atoms with Crippen LogP contribution in [0, 0.1) is 11.3 Å². The molecule has 0 fully saturated rings. The number of allylic oxidation sites excluding steroid dienone is 2. The molecule has 1 aliphatic rings. The lowest BCUT2D eigenvalue weighted by Crippen LogP contribution is -1.85. The number of pyridine rings is 1. The second-order valence-corrected chi connectivity index (χ2v) is 3.17. The molecule has 0 spiro atoms. The van der Waals surface area contributed by atoms with E-state index in [1.807, 2.05) is 12.1 Å². The van der Waals surface area contributed by atoms with Gasteiger partial charge in [-0.3, -0.25) is 0 Å². The van der Waals surface area contributed by atoms with Crippen molar-refractivity contribution in [3.63, 3.8) is 0 Å². The molecule has 0 amide bonds. The van der Waals surface area contributed by atoms with Gasteiger partial charge < -0.3 is 0 Å². The monoisotopic (exact) mass is 170 g/mol. The van der Waals surface area contributed by atoms with Crippen LogP contribution in [0.1, 0.15) is 30.5 Å². The maximum atomic E-state index is 8.57. The summed E-state index contributed by atoms with van der Waals surface area (Å²) in [5, 5.41) is 8.57. The SMILES string of the molecule is N#Cc1ccc(C2=CCCC2)cn1. The third-order valence-corrected chi connectivity index (χ3v) is 2.29. The van der Waals surface area contributed by atoms with Crippen LogP contribution in [0.3, 0.4) is 0 Å². The highest BCUT2D eigenvalue weighted by Crippen LogP contribution is 2.26. The molecule has 64 valence electrons. The topological polar surface area (TPSA) is 36.7 Å². The van der Waals surface area contributed by atoms with Gasteiger partial charge in [0.15, 0.2) is 0 Å². The van der Waals surface area contributed by atoms with Crippen molar-refractivity contribution < 1.29 is 0 Å². The summed E-state index contributed by atoms with van der Waals surface area (Å²) in [4.78, 5) is 4.04. The van der Waals surface area contributed by atoms with E-state index in [1.165, 1.54) is 18.4 Å². The Morgan fingerprint density at radius 1 is 1.38 bits per heavy atom. The van der Waals surface area contributed by atoms with Gasteiger partial charge in [0.2, 0.25) is 0 Å². The van der Waals surface area contributed by atoms with E-state index in [1.54, 1.807) is 12.3 Å². The molecule has 0 saturated heterocycles. The number of rotatable bonds is 1. The molecule has 2 rings (SSSR count). The molecule has 0 unspecified atom stereocenters. The number of hydrogen-bond acceptors (Lipinski definition) is 2. The maximum absolute atomic E-state index is 8.57. The number of hydrogen-bond donors (Lipinski definition) is 0. The summed E-state index contributed by atoms with van der Waals surface area (Å²) in [7, 11) is 0. The molecule has 0 atom stereocenters. The summed E-state index contributed by atoms with van der Waals surface area (Å²) in [5.41, 5.74) is 3.02. The molecular weight excluding hydrogens is 160 g/mol. The van der Waals surface area contributed by atoms with Crippen LogP contribution in [0.2, 0.25) is 0 Å². The van der Waals surface area contributed by atoms with Crippen LogP contribution in [0.25, 0.3) is 5.57 Å². The standard InChI is InChI=1S/C11H10N2/c12-7-11-6-5-10(8-13-11)9-3-1-2-4-9/h3,5-6,8H,1-2,4H2. The van der Waals surface area contributed by atoms with Crippen LogP contribution in [0.15, 0.2) is 24.4 Å². The quantitative estimate of drug-likeness (QED) is 0.649. The van der Waals surface area contributed by atoms with Gasteiger partial charge in [-0.1, -0.05) is 12.1 Å². The Balaban J connectivity index is 2.28. The Kier molecular flexibility index (Phi) is 2.09. The van der Waals surface area contributed by atoms with Gasteiger partial charge in [-0.15, -0.1) is 0 Å². The fourth-order valence-electron chi connectivity index (χ4n) is 1.58. The van der Waals surface area contributed by atoms with Gasteiger partial charge >= 0.3 is 0 Å². The summed E-state index contributed by atoms with van der Waals surface area (Å²) in [6.45, 7) is 0. The summed E-state index contributed by atoms with van der Waals surface area (Å²) >= 11 is 0. The van der Waals surface area contributed by atoms with Gasteiger partial charge in [-0.2, -0.15) is 5.26 Å². The first-order valence-corrected chi connectivity index (χ1v) is 4.46. The minimum Gasteiger partial charge on any atom is -0.245 e. The van der Waals surface area contributed by atoms with Crippen molar-refractivity contribution in [3.05, 3.63) is 35.7 Å². The molecule has 1 aromatic rings. The van der Waals surface area contributed by atoms with E-state index in [4.69, 9.17) is 5.26 Å². The molecule has 13 heavy (non-hydrogen) atoms. The summed E-state index contributed by atoms with van der Waals surface area (Å²) in [6.07, 6.45) is 7.61. The van der Waals surface area contributed by atoms with Crippen molar-refractivity contribution in [1.29, 1.82) is 5.26 Å². The van der Waals surface area contributed by atoms with Gasteiger partial charge in [0.1, 0.15) is 11.8 Å². The lowest BCUT2D eigenvalue weighted by molar-refractivity contribution is 0.935. The molecule has 0 bridgehead atoms. The molecule has 0 N–H and O–H groups in total. The van der Waals surface area contributed by atoms with Gasteiger partial charge in [-0.25, -0.2) is 4.98 Å². The van der Waals surface area contributed by atoms with Gasteiger partial charge in [-0.05, 0) is 36.5 Å². The van der Waals surface area contributed by atoms with Crippen LogP contribution in [0.4, 0.5) is 0 Å². The van der Waals surface area contributed by atoms with Crippen molar-refractivity contribution in [2.24, 2.45) is 0 Å². The molecular formula is C11H10N2. The Morgan fingerprint density at radius 2 is 2.31 bits per heavy atom. The number of nitrogens with zero attached hydrogens (tertiary/aromatic N) is 2. The molecule has 1 aliphatic carbocycles. The van der Waals surface area contributed by atoms with Crippen molar-refractivity contribution >= 4 is 5.57 Å². The summed E-state index contributed by atoms with van der Waals surface area (Å²) in [6, 6.07) is 5.76. The first-order valence-electron chi connectivity index (χ1n) is 4.46. The fourth-order valence-corrected chi connectivity index (χ4v) is 1.58. The molecule has 2 heteroatoms. The molecule has 1 heterocycles. The van der Waals surface area contributed by atoms with Crippen molar-refractivity contribution in [3.8, 4) is 6.07 Å². The smallest absolute Gasteiger partial charge is 0.140 e. The van der Waals surface area contributed by atoms with Gasteiger partial charge in [0.05, 0.1) is 0 Å². The number of nitriles is 1.